The molecule has 0 aliphatic heterocycles. The average Bonchev–Trinajstić information content (AvgIpc) is 2.92. The van der Waals surface area contributed by atoms with E-state index in [1.54, 1.807) is 0 Å². The highest BCUT2D eigenvalue weighted by Crippen LogP contribution is 2.38. The first-order chi connectivity index (χ1) is 11.6. The highest BCUT2D eigenvalue weighted by Gasteiger charge is 2.18. The van der Waals surface area contributed by atoms with Crippen molar-refractivity contribution in [2.24, 2.45) is 0 Å². The first-order valence-electron chi connectivity index (χ1n) is 8.37. The van der Waals surface area contributed by atoms with Gasteiger partial charge in [-0.1, -0.05) is 29.8 Å². The van der Waals surface area contributed by atoms with E-state index in [4.69, 9.17) is 0 Å². The van der Waals surface area contributed by atoms with Gasteiger partial charge in [0, 0.05) is 31.2 Å². The van der Waals surface area contributed by atoms with E-state index in [-0.39, 0.29) is 0 Å². The topological polar surface area (TPSA) is 15.3 Å². The van der Waals surface area contributed by atoms with E-state index in [1.807, 2.05) is 0 Å². The van der Waals surface area contributed by atoms with E-state index < -0.39 is 0 Å². The van der Waals surface area contributed by atoms with Crippen LogP contribution in [-0.2, 0) is 6.42 Å². The second-order valence-electron chi connectivity index (χ2n) is 6.78. The van der Waals surface area contributed by atoms with Crippen molar-refractivity contribution in [1.82, 2.24) is 0 Å². The summed E-state index contributed by atoms with van der Waals surface area (Å²) in [6.07, 6.45) is 1.05. The summed E-state index contributed by atoms with van der Waals surface area (Å²) in [4.78, 5) is 2.11. The van der Waals surface area contributed by atoms with Gasteiger partial charge in [0.25, 0.3) is 0 Å². The molecule has 0 radical (unpaired) electrons. The highest BCUT2D eigenvalue weighted by atomic mass is 15.1. The number of aryl methyl sites for hydroxylation is 1. The Bertz CT molecular complexity index is 892. The molecule has 0 aromatic heterocycles. The van der Waals surface area contributed by atoms with Gasteiger partial charge in [-0.05, 0) is 72.0 Å². The Hall–Kier alpha value is -2.74. The zero-order valence-corrected chi connectivity index (χ0v) is 14.4. The fraction of sp³-hybridized carbons (Fsp3) is 0.182. The number of fused-ring (bicyclic) bond motifs is 3. The van der Waals surface area contributed by atoms with Crippen LogP contribution in [-0.4, -0.2) is 14.1 Å². The average molecular weight is 314 g/mol. The number of hydrogen-bond acceptors (Lipinski definition) is 2. The second-order valence-corrected chi connectivity index (χ2v) is 6.78. The Labute approximate surface area is 143 Å². The first kappa shape index (κ1) is 14.8. The summed E-state index contributed by atoms with van der Waals surface area (Å²) in [5.74, 6) is 0. The standard InChI is InChI=1S/C22H22N2/c1-15-4-11-21-17(12-15)13-16-5-6-19(14-22(16)21)23-18-7-9-20(10-8-18)24(2)3/h4-12,14,23H,13H2,1-3H3. The van der Waals surface area contributed by atoms with Crippen LogP contribution in [0.25, 0.3) is 11.1 Å². The third-order valence-corrected chi connectivity index (χ3v) is 4.71. The number of benzene rings is 3. The monoisotopic (exact) mass is 314 g/mol. The molecule has 1 N–H and O–H groups in total. The van der Waals surface area contributed by atoms with Crippen molar-refractivity contribution < 1.29 is 0 Å². The Morgan fingerprint density at radius 1 is 0.750 bits per heavy atom. The van der Waals surface area contributed by atoms with Crippen molar-refractivity contribution in [2.75, 3.05) is 24.3 Å². The molecule has 120 valence electrons. The molecule has 0 fully saturated rings. The molecule has 0 atom stereocenters. The minimum absolute atomic E-state index is 1.05. The van der Waals surface area contributed by atoms with Crippen LogP contribution in [0.5, 0.6) is 0 Å². The lowest BCUT2D eigenvalue weighted by Crippen LogP contribution is -2.08. The number of nitrogens with zero attached hydrogens (tertiary/aromatic N) is 1. The normalized spacial score (nSPS) is 11.8. The van der Waals surface area contributed by atoms with Gasteiger partial charge >= 0.3 is 0 Å². The first-order valence-corrected chi connectivity index (χ1v) is 8.37. The molecule has 0 bridgehead atoms. The molecule has 2 heteroatoms. The Kier molecular flexibility index (Phi) is 3.53. The van der Waals surface area contributed by atoms with Gasteiger partial charge < -0.3 is 10.2 Å². The van der Waals surface area contributed by atoms with E-state index in [0.717, 1.165) is 17.8 Å². The molecule has 4 rings (SSSR count). The summed E-state index contributed by atoms with van der Waals surface area (Å²) >= 11 is 0. The lowest BCUT2D eigenvalue weighted by molar-refractivity contribution is 1.13. The summed E-state index contributed by atoms with van der Waals surface area (Å²) in [5, 5.41) is 3.52. The SMILES string of the molecule is Cc1ccc2c(c1)Cc1ccc(Nc3ccc(N(C)C)cc3)cc1-2. The maximum atomic E-state index is 3.52. The van der Waals surface area contributed by atoms with E-state index in [1.165, 1.54) is 33.5 Å². The third kappa shape index (κ3) is 2.65. The van der Waals surface area contributed by atoms with Gasteiger partial charge in [0.15, 0.2) is 0 Å². The summed E-state index contributed by atoms with van der Waals surface area (Å²) in [5.41, 5.74) is 10.4. The zero-order chi connectivity index (χ0) is 16.7. The third-order valence-electron chi connectivity index (χ3n) is 4.71. The van der Waals surface area contributed by atoms with Crippen molar-refractivity contribution in [1.29, 1.82) is 0 Å². The molecule has 0 amide bonds. The Balaban J connectivity index is 1.62. The van der Waals surface area contributed by atoms with Gasteiger partial charge in [-0.15, -0.1) is 0 Å². The molecule has 2 nitrogen and oxygen atoms in total. The maximum absolute atomic E-state index is 3.52. The van der Waals surface area contributed by atoms with E-state index in [9.17, 15) is 0 Å². The van der Waals surface area contributed by atoms with Gasteiger partial charge in [0.1, 0.15) is 0 Å². The summed E-state index contributed by atoms with van der Waals surface area (Å²) in [7, 11) is 4.12. The molecular weight excluding hydrogens is 292 g/mol. The van der Waals surface area contributed by atoms with Crippen molar-refractivity contribution in [3.05, 3.63) is 77.4 Å². The van der Waals surface area contributed by atoms with Gasteiger partial charge in [-0.3, -0.25) is 0 Å². The van der Waals surface area contributed by atoms with Crippen molar-refractivity contribution in [3.8, 4) is 11.1 Å². The van der Waals surface area contributed by atoms with Crippen LogP contribution >= 0.6 is 0 Å². The van der Waals surface area contributed by atoms with E-state index in [0.29, 0.717) is 0 Å². The molecule has 1 aliphatic rings. The second kappa shape index (κ2) is 5.72. The van der Waals surface area contributed by atoms with Crippen molar-refractivity contribution >= 4 is 17.1 Å². The smallest absolute Gasteiger partial charge is 0.0390 e. The predicted octanol–water partition coefficient (Wildman–Crippen LogP) is 5.38. The Morgan fingerprint density at radius 3 is 2.25 bits per heavy atom. The van der Waals surface area contributed by atoms with E-state index >= 15 is 0 Å². The molecule has 0 unspecified atom stereocenters. The van der Waals surface area contributed by atoms with Crippen molar-refractivity contribution in [3.63, 3.8) is 0 Å². The van der Waals surface area contributed by atoms with E-state index in [2.05, 4.69) is 91.9 Å². The zero-order valence-electron chi connectivity index (χ0n) is 14.4. The Morgan fingerprint density at radius 2 is 1.50 bits per heavy atom. The number of rotatable bonds is 3. The maximum Gasteiger partial charge on any atom is 0.0390 e. The molecular formula is C22H22N2. The van der Waals surface area contributed by atoms with Crippen LogP contribution in [0.15, 0.2) is 60.7 Å². The molecule has 3 aromatic rings. The fourth-order valence-corrected chi connectivity index (χ4v) is 3.41. The van der Waals surface area contributed by atoms with Crippen LogP contribution in [0.2, 0.25) is 0 Å². The fourth-order valence-electron chi connectivity index (χ4n) is 3.41. The number of nitrogens with one attached hydrogen (secondary N) is 1. The molecule has 0 saturated carbocycles. The molecule has 24 heavy (non-hydrogen) atoms. The molecule has 0 spiro atoms. The quantitative estimate of drug-likeness (QED) is 0.546. The molecule has 3 aromatic carbocycles. The largest absolute Gasteiger partial charge is 0.378 e. The molecule has 0 saturated heterocycles. The van der Waals surface area contributed by atoms with Crippen LogP contribution in [0.1, 0.15) is 16.7 Å². The summed E-state index contributed by atoms with van der Waals surface area (Å²) in [6, 6.07) is 22.0. The molecule has 1 aliphatic carbocycles. The highest BCUT2D eigenvalue weighted by molar-refractivity contribution is 5.80. The van der Waals surface area contributed by atoms with Gasteiger partial charge in [0.05, 0.1) is 0 Å². The van der Waals surface area contributed by atoms with Crippen LogP contribution in [0.3, 0.4) is 0 Å². The molecule has 0 heterocycles. The van der Waals surface area contributed by atoms with Crippen LogP contribution in [0, 0.1) is 6.92 Å². The van der Waals surface area contributed by atoms with Crippen molar-refractivity contribution in [2.45, 2.75) is 13.3 Å². The van der Waals surface area contributed by atoms with Gasteiger partial charge in [-0.2, -0.15) is 0 Å². The lowest BCUT2D eigenvalue weighted by Gasteiger charge is -2.14. The predicted molar refractivity (Wildman–Crippen MR) is 103 cm³/mol. The van der Waals surface area contributed by atoms with Crippen LogP contribution in [0.4, 0.5) is 17.1 Å². The van der Waals surface area contributed by atoms with Crippen LogP contribution < -0.4 is 10.2 Å². The minimum Gasteiger partial charge on any atom is -0.378 e. The summed E-state index contributed by atoms with van der Waals surface area (Å²) < 4.78 is 0. The van der Waals surface area contributed by atoms with Gasteiger partial charge in [-0.25, -0.2) is 0 Å². The number of hydrogen-bond donors (Lipinski definition) is 1. The minimum atomic E-state index is 1.05. The number of anilines is 3. The lowest BCUT2D eigenvalue weighted by atomic mass is 10.0. The van der Waals surface area contributed by atoms with Gasteiger partial charge in [0.2, 0.25) is 0 Å². The summed E-state index contributed by atoms with van der Waals surface area (Å²) in [6.45, 7) is 2.16.